The molecule has 14 nitrogen and oxygen atoms in total. The number of hydrogen-bond acceptors (Lipinski definition) is 11. The highest BCUT2D eigenvalue weighted by Gasteiger charge is 2.47. The predicted molar refractivity (Wildman–Crippen MR) is 140 cm³/mol. The first-order chi connectivity index (χ1) is 19.8. The highest BCUT2D eigenvalue weighted by atomic mass is 16.8. The standard InChI is InChI=1S/C28H37NO13/c1-4-16-17(6-5-14-8-15(24(34)35)10-29(9-14)19(26(38)39)7-13(2)3)18(25(36)37)12-40-27(16)42-28-23(33)22(32)21(31)20(11-30)41-28/h4-6,8-9,12-13,16-17,19-23,27-28,30-33H,1,7,10-11H2,2-3H3,(H,34,35)(H,36,37)(H,38,39)/b6-5+/t16-,17+,19+,20-,21-,22+,23-,27+,28+/m1/s1. The molecule has 14 heteroatoms. The Morgan fingerprint density at radius 3 is 2.38 bits per heavy atom. The van der Waals surface area contributed by atoms with Crippen molar-refractivity contribution in [2.75, 3.05) is 13.2 Å². The van der Waals surface area contributed by atoms with Crippen molar-refractivity contribution in [3.8, 4) is 0 Å². The number of rotatable bonds is 12. The lowest BCUT2D eigenvalue weighted by atomic mass is 9.83. The molecule has 3 aliphatic heterocycles. The Bertz CT molecular complexity index is 1160. The van der Waals surface area contributed by atoms with Gasteiger partial charge in [-0.1, -0.05) is 32.1 Å². The quantitative estimate of drug-likeness (QED) is 0.112. The van der Waals surface area contributed by atoms with Gasteiger partial charge in [0.15, 0.2) is 6.29 Å². The van der Waals surface area contributed by atoms with Crippen LogP contribution in [0.1, 0.15) is 20.3 Å². The summed E-state index contributed by atoms with van der Waals surface area (Å²) in [5.74, 6) is -5.79. The van der Waals surface area contributed by atoms with Crippen LogP contribution in [0.3, 0.4) is 0 Å². The number of aliphatic hydroxyl groups excluding tert-OH is 4. The van der Waals surface area contributed by atoms with E-state index in [0.717, 1.165) is 6.26 Å². The number of carboxylic acids is 3. The van der Waals surface area contributed by atoms with Gasteiger partial charge in [0, 0.05) is 17.9 Å². The topological polar surface area (TPSA) is 228 Å². The Labute approximate surface area is 241 Å². The van der Waals surface area contributed by atoms with Crippen LogP contribution in [0, 0.1) is 17.8 Å². The molecule has 1 unspecified atom stereocenters. The minimum absolute atomic E-state index is 0.00791. The van der Waals surface area contributed by atoms with Crippen LogP contribution in [-0.4, -0.2) is 105 Å². The summed E-state index contributed by atoms with van der Waals surface area (Å²) >= 11 is 0. The summed E-state index contributed by atoms with van der Waals surface area (Å²) in [6, 6.07) is -1.02. The number of ether oxygens (including phenoxy) is 3. The van der Waals surface area contributed by atoms with E-state index >= 15 is 0 Å². The number of carbonyl (C=O) groups excluding carboxylic acids is 1. The Morgan fingerprint density at radius 2 is 1.83 bits per heavy atom. The lowest BCUT2D eigenvalue weighted by molar-refractivity contribution is -0.864. The van der Waals surface area contributed by atoms with Crippen molar-refractivity contribution in [2.45, 2.75) is 63.3 Å². The smallest absolute Gasteiger partial charge is 0.337 e. The summed E-state index contributed by atoms with van der Waals surface area (Å²) in [4.78, 5) is 36.1. The van der Waals surface area contributed by atoms with E-state index in [1.807, 2.05) is 13.8 Å². The average molecular weight is 596 g/mol. The van der Waals surface area contributed by atoms with Gasteiger partial charge in [-0.25, -0.2) is 9.59 Å². The SMILES string of the molecule is C=C[C@H]1[C@H](O[C@@H]2O[C@H](CO)[C@@H](O)[C@H](O)[C@H]2O)OC=C(C(=O)O)[C@H]1/C=C/C1=C[NH+]([C@@H](CC(C)C)C(=O)[O-])CC(C(=O)O)=C1. The number of carbonyl (C=O) groups is 3. The largest absolute Gasteiger partial charge is 0.544 e. The first-order valence-electron chi connectivity index (χ1n) is 13.4. The van der Waals surface area contributed by atoms with Gasteiger partial charge < -0.3 is 54.8 Å². The minimum atomic E-state index is -1.74. The zero-order valence-electron chi connectivity index (χ0n) is 23.1. The van der Waals surface area contributed by atoms with Gasteiger partial charge in [0.1, 0.15) is 43.2 Å². The molecule has 10 atom stereocenters. The van der Waals surface area contributed by atoms with Crippen molar-refractivity contribution in [3.05, 3.63) is 60.1 Å². The third kappa shape index (κ3) is 7.52. The molecule has 0 aromatic carbocycles. The fourth-order valence-corrected chi connectivity index (χ4v) is 5.13. The van der Waals surface area contributed by atoms with E-state index in [9.17, 15) is 50.1 Å². The second kappa shape index (κ2) is 14.2. The van der Waals surface area contributed by atoms with E-state index in [1.165, 1.54) is 24.3 Å². The maximum Gasteiger partial charge on any atom is 0.337 e. The summed E-state index contributed by atoms with van der Waals surface area (Å²) in [6.07, 6.45) is -0.859. The van der Waals surface area contributed by atoms with Gasteiger partial charge in [-0.2, -0.15) is 0 Å². The van der Waals surface area contributed by atoms with Crippen LogP contribution in [-0.2, 0) is 28.6 Å². The molecule has 0 aromatic heterocycles. The Balaban J connectivity index is 1.93. The van der Waals surface area contributed by atoms with Gasteiger partial charge in [0.2, 0.25) is 6.29 Å². The third-order valence-electron chi connectivity index (χ3n) is 7.35. The average Bonchev–Trinajstić information content (AvgIpc) is 2.94. The number of carboxylic acid groups (broad SMARTS) is 3. The highest BCUT2D eigenvalue weighted by Crippen LogP contribution is 2.36. The summed E-state index contributed by atoms with van der Waals surface area (Å²) in [5.41, 5.74) is 0.0570. The number of aliphatic hydroxyl groups is 4. The van der Waals surface area contributed by atoms with Crippen molar-refractivity contribution in [2.24, 2.45) is 17.8 Å². The fourth-order valence-electron chi connectivity index (χ4n) is 5.13. The highest BCUT2D eigenvalue weighted by molar-refractivity contribution is 5.88. The van der Waals surface area contributed by atoms with Gasteiger partial charge >= 0.3 is 11.9 Å². The fraction of sp³-hybridized carbons (Fsp3) is 0.536. The van der Waals surface area contributed by atoms with Gasteiger partial charge in [-0.05, 0) is 12.0 Å². The van der Waals surface area contributed by atoms with E-state index in [4.69, 9.17) is 14.2 Å². The summed E-state index contributed by atoms with van der Waals surface area (Å²) < 4.78 is 16.6. The Morgan fingerprint density at radius 1 is 1.14 bits per heavy atom. The first-order valence-corrected chi connectivity index (χ1v) is 13.4. The van der Waals surface area contributed by atoms with Crippen LogP contribution in [0.4, 0.5) is 0 Å². The van der Waals surface area contributed by atoms with E-state index in [1.54, 1.807) is 6.20 Å². The molecule has 0 bridgehead atoms. The third-order valence-corrected chi connectivity index (χ3v) is 7.35. The molecule has 3 aliphatic rings. The molecule has 0 aliphatic carbocycles. The normalized spacial score (nSPS) is 34.2. The molecule has 1 fully saturated rings. The van der Waals surface area contributed by atoms with Crippen LogP contribution in [0.5, 0.6) is 0 Å². The molecule has 0 saturated carbocycles. The van der Waals surface area contributed by atoms with E-state index in [0.29, 0.717) is 10.5 Å². The van der Waals surface area contributed by atoms with E-state index in [2.05, 4.69) is 6.58 Å². The van der Waals surface area contributed by atoms with Crippen molar-refractivity contribution in [3.63, 3.8) is 0 Å². The molecule has 3 heterocycles. The molecular weight excluding hydrogens is 558 g/mol. The maximum atomic E-state index is 12.1. The van der Waals surface area contributed by atoms with Crippen molar-refractivity contribution in [1.82, 2.24) is 0 Å². The molecule has 7 N–H and O–H groups in total. The van der Waals surface area contributed by atoms with Gasteiger partial charge in [-0.3, -0.25) is 4.90 Å². The van der Waals surface area contributed by atoms with Crippen molar-refractivity contribution >= 4 is 17.9 Å². The zero-order valence-corrected chi connectivity index (χ0v) is 23.1. The van der Waals surface area contributed by atoms with E-state index in [-0.39, 0.29) is 30.0 Å². The zero-order chi connectivity index (χ0) is 31.3. The molecule has 1 saturated heterocycles. The number of aliphatic carboxylic acids is 3. The predicted octanol–water partition coefficient (Wildman–Crippen LogP) is -2.94. The van der Waals surface area contributed by atoms with Crippen LogP contribution in [0.2, 0.25) is 0 Å². The van der Waals surface area contributed by atoms with Crippen LogP contribution >= 0.6 is 0 Å². The number of nitrogens with one attached hydrogen (secondary N) is 1. The van der Waals surface area contributed by atoms with Gasteiger partial charge in [0.05, 0.1) is 35.9 Å². The summed E-state index contributed by atoms with van der Waals surface area (Å²) in [7, 11) is 0. The molecule has 0 amide bonds. The summed E-state index contributed by atoms with van der Waals surface area (Å²) in [5, 5.41) is 71.3. The molecule has 0 aromatic rings. The minimum Gasteiger partial charge on any atom is -0.544 e. The Hall–Kier alpha value is -3.37. The number of allylic oxidation sites excluding steroid dienone is 4. The lowest BCUT2D eigenvalue weighted by Crippen LogP contribution is -3.14. The van der Waals surface area contributed by atoms with Crippen LogP contribution in [0.25, 0.3) is 0 Å². The monoisotopic (exact) mass is 595 g/mol. The molecule has 232 valence electrons. The number of quaternary nitrogens is 1. The van der Waals surface area contributed by atoms with Crippen molar-refractivity contribution in [1.29, 1.82) is 0 Å². The molecule has 42 heavy (non-hydrogen) atoms. The molecule has 0 radical (unpaired) electrons. The molecular formula is C28H37NO13. The summed E-state index contributed by atoms with van der Waals surface area (Å²) in [6.45, 7) is 6.62. The Kier molecular flexibility index (Phi) is 11.2. The van der Waals surface area contributed by atoms with Crippen LogP contribution in [0.15, 0.2) is 60.1 Å². The second-order valence-corrected chi connectivity index (χ2v) is 10.8. The lowest BCUT2D eigenvalue weighted by Gasteiger charge is -2.42. The molecule has 0 spiro atoms. The van der Waals surface area contributed by atoms with Crippen LogP contribution < -0.4 is 10.0 Å². The molecule has 3 rings (SSSR count). The van der Waals surface area contributed by atoms with Crippen molar-refractivity contribution < 1.29 is 69.2 Å². The van der Waals surface area contributed by atoms with E-state index < -0.39 is 79.4 Å². The van der Waals surface area contributed by atoms with Gasteiger partial charge in [-0.15, -0.1) is 6.58 Å². The maximum absolute atomic E-state index is 12.1. The van der Waals surface area contributed by atoms with Gasteiger partial charge in [0.25, 0.3) is 0 Å². The first kappa shape index (κ1) is 33.1. The number of hydrogen-bond donors (Lipinski definition) is 7. The second-order valence-electron chi connectivity index (χ2n) is 10.8.